The molecule has 0 amide bonds. The average Bonchev–Trinajstić information content (AvgIpc) is 2.30. The van der Waals surface area contributed by atoms with Gasteiger partial charge in [-0.15, -0.1) is 0 Å². The van der Waals surface area contributed by atoms with Crippen LogP contribution in [0.2, 0.25) is 0 Å². The highest BCUT2D eigenvalue weighted by molar-refractivity contribution is 5.38. The summed E-state index contributed by atoms with van der Waals surface area (Å²) in [5.74, 6) is -0.632. The fraction of sp³-hybridized carbons (Fsp3) is 0.143. The fourth-order valence-electron chi connectivity index (χ4n) is 1.68. The van der Waals surface area contributed by atoms with Crippen molar-refractivity contribution < 1.29 is 13.5 Å². The van der Waals surface area contributed by atoms with E-state index in [1.54, 1.807) is 12.1 Å². The summed E-state index contributed by atoms with van der Waals surface area (Å²) >= 11 is 0. The quantitative estimate of drug-likeness (QED) is 0.902. The first-order valence-electron chi connectivity index (χ1n) is 5.61. The van der Waals surface area contributed by atoms with Crippen LogP contribution in [0.3, 0.4) is 0 Å². The Bertz CT molecular complexity index is 523. The van der Waals surface area contributed by atoms with E-state index in [1.807, 2.05) is 12.1 Å². The highest BCUT2D eigenvalue weighted by atomic mass is 19.1. The van der Waals surface area contributed by atoms with E-state index in [9.17, 15) is 8.78 Å². The molecule has 4 heteroatoms. The van der Waals surface area contributed by atoms with Crippen LogP contribution in [0.5, 0.6) is 11.5 Å². The maximum atomic E-state index is 13.0. The molecule has 2 rings (SSSR count). The smallest absolute Gasteiger partial charge is 0.133 e. The summed E-state index contributed by atoms with van der Waals surface area (Å²) in [5.41, 5.74) is 6.40. The summed E-state index contributed by atoms with van der Waals surface area (Å²) in [4.78, 5) is 0. The van der Waals surface area contributed by atoms with Crippen LogP contribution < -0.4 is 10.5 Å². The molecule has 0 saturated heterocycles. The Hall–Kier alpha value is -1.94. The molecule has 94 valence electrons. The van der Waals surface area contributed by atoms with Crippen molar-refractivity contribution in [2.24, 2.45) is 5.73 Å². The SMILES string of the molecule is NCCc1ccccc1Oc1cc(F)cc(F)c1. The van der Waals surface area contributed by atoms with E-state index < -0.39 is 11.6 Å². The number of hydrogen-bond acceptors (Lipinski definition) is 2. The van der Waals surface area contributed by atoms with Crippen molar-refractivity contribution in [1.29, 1.82) is 0 Å². The van der Waals surface area contributed by atoms with Gasteiger partial charge >= 0.3 is 0 Å². The van der Waals surface area contributed by atoms with E-state index in [0.717, 1.165) is 23.8 Å². The number of halogens is 2. The fourth-order valence-corrected chi connectivity index (χ4v) is 1.68. The maximum Gasteiger partial charge on any atom is 0.133 e. The minimum Gasteiger partial charge on any atom is -0.457 e. The molecule has 2 nitrogen and oxygen atoms in total. The first-order valence-corrected chi connectivity index (χ1v) is 5.61. The van der Waals surface area contributed by atoms with Gasteiger partial charge in [0.15, 0.2) is 0 Å². The van der Waals surface area contributed by atoms with Gasteiger partial charge in [-0.2, -0.15) is 0 Å². The summed E-state index contributed by atoms with van der Waals surface area (Å²) in [6, 6.07) is 10.4. The Morgan fingerprint density at radius 3 is 2.33 bits per heavy atom. The second-order valence-electron chi connectivity index (χ2n) is 3.85. The van der Waals surface area contributed by atoms with Crippen molar-refractivity contribution in [2.75, 3.05) is 6.54 Å². The third-order valence-corrected chi connectivity index (χ3v) is 2.45. The number of nitrogens with two attached hydrogens (primary N) is 1. The van der Waals surface area contributed by atoms with Crippen molar-refractivity contribution in [3.8, 4) is 11.5 Å². The zero-order valence-corrected chi connectivity index (χ0v) is 9.70. The summed E-state index contributed by atoms with van der Waals surface area (Å²) in [6.45, 7) is 0.484. The molecule has 0 unspecified atom stereocenters. The summed E-state index contributed by atoms with van der Waals surface area (Å²) in [6.07, 6.45) is 0.647. The molecule has 18 heavy (non-hydrogen) atoms. The topological polar surface area (TPSA) is 35.2 Å². The first-order chi connectivity index (χ1) is 8.69. The van der Waals surface area contributed by atoms with Crippen LogP contribution in [0.4, 0.5) is 8.78 Å². The molecule has 2 N–H and O–H groups in total. The van der Waals surface area contributed by atoms with E-state index in [-0.39, 0.29) is 5.75 Å². The highest BCUT2D eigenvalue weighted by Crippen LogP contribution is 2.26. The van der Waals surface area contributed by atoms with Crippen molar-refractivity contribution in [1.82, 2.24) is 0 Å². The minimum absolute atomic E-state index is 0.136. The minimum atomic E-state index is -0.665. The molecule has 0 aliphatic heterocycles. The van der Waals surface area contributed by atoms with Crippen LogP contribution in [0.1, 0.15) is 5.56 Å². The second kappa shape index (κ2) is 5.60. The van der Waals surface area contributed by atoms with Gasteiger partial charge in [0.1, 0.15) is 23.1 Å². The molecule has 2 aromatic carbocycles. The van der Waals surface area contributed by atoms with Crippen molar-refractivity contribution in [2.45, 2.75) is 6.42 Å². The summed E-state index contributed by atoms with van der Waals surface area (Å²) < 4.78 is 31.6. The number of para-hydroxylation sites is 1. The molecule has 2 aromatic rings. The molecule has 0 atom stereocenters. The molecular formula is C14H13F2NO. The lowest BCUT2D eigenvalue weighted by atomic mass is 10.1. The monoisotopic (exact) mass is 249 g/mol. The molecule has 0 heterocycles. The predicted octanol–water partition coefficient (Wildman–Crippen LogP) is 3.26. The number of benzene rings is 2. The van der Waals surface area contributed by atoms with E-state index >= 15 is 0 Å². The molecule has 0 fully saturated rings. The normalized spacial score (nSPS) is 10.4. The van der Waals surface area contributed by atoms with E-state index in [1.165, 1.54) is 0 Å². The maximum absolute atomic E-state index is 13.0. The zero-order chi connectivity index (χ0) is 13.0. The van der Waals surface area contributed by atoms with Crippen molar-refractivity contribution >= 4 is 0 Å². The molecule has 0 aliphatic rings. The van der Waals surface area contributed by atoms with Crippen LogP contribution >= 0.6 is 0 Å². The predicted molar refractivity (Wildman–Crippen MR) is 65.6 cm³/mol. The van der Waals surface area contributed by atoms with Gasteiger partial charge in [-0.1, -0.05) is 18.2 Å². The third-order valence-electron chi connectivity index (χ3n) is 2.45. The third kappa shape index (κ3) is 3.05. The lowest BCUT2D eigenvalue weighted by molar-refractivity contribution is 0.463. The second-order valence-corrected chi connectivity index (χ2v) is 3.85. The molecule has 0 bridgehead atoms. The Balaban J connectivity index is 2.27. The zero-order valence-electron chi connectivity index (χ0n) is 9.70. The Morgan fingerprint density at radius 2 is 1.67 bits per heavy atom. The number of ether oxygens (including phenoxy) is 1. The van der Waals surface area contributed by atoms with E-state index in [2.05, 4.69) is 0 Å². The van der Waals surface area contributed by atoms with Crippen LogP contribution in [0.15, 0.2) is 42.5 Å². The van der Waals surface area contributed by atoms with Crippen molar-refractivity contribution in [3.63, 3.8) is 0 Å². The Kier molecular flexibility index (Phi) is 3.89. The number of rotatable bonds is 4. The van der Waals surface area contributed by atoms with Gasteiger partial charge in [-0.05, 0) is 24.6 Å². The number of hydrogen-bond donors (Lipinski definition) is 1. The van der Waals surface area contributed by atoms with Gasteiger partial charge in [0.25, 0.3) is 0 Å². The Labute approximate surface area is 104 Å². The van der Waals surface area contributed by atoms with Crippen LogP contribution in [0, 0.1) is 11.6 Å². The van der Waals surface area contributed by atoms with Gasteiger partial charge in [-0.25, -0.2) is 8.78 Å². The van der Waals surface area contributed by atoms with Gasteiger partial charge in [0, 0.05) is 18.2 Å². The molecule has 0 aromatic heterocycles. The Morgan fingerprint density at radius 1 is 1.00 bits per heavy atom. The average molecular weight is 249 g/mol. The summed E-state index contributed by atoms with van der Waals surface area (Å²) in [5, 5.41) is 0. The highest BCUT2D eigenvalue weighted by Gasteiger charge is 2.06. The largest absolute Gasteiger partial charge is 0.457 e. The van der Waals surface area contributed by atoms with Gasteiger partial charge in [0.2, 0.25) is 0 Å². The van der Waals surface area contributed by atoms with Gasteiger partial charge in [-0.3, -0.25) is 0 Å². The van der Waals surface area contributed by atoms with Crippen LogP contribution in [-0.2, 0) is 6.42 Å². The molecular weight excluding hydrogens is 236 g/mol. The van der Waals surface area contributed by atoms with E-state index in [0.29, 0.717) is 18.7 Å². The van der Waals surface area contributed by atoms with Crippen molar-refractivity contribution in [3.05, 3.63) is 59.7 Å². The van der Waals surface area contributed by atoms with Gasteiger partial charge in [0.05, 0.1) is 0 Å². The van der Waals surface area contributed by atoms with Gasteiger partial charge < -0.3 is 10.5 Å². The molecule has 0 saturated carbocycles. The lowest BCUT2D eigenvalue weighted by Crippen LogP contribution is -2.04. The summed E-state index contributed by atoms with van der Waals surface area (Å²) in [7, 11) is 0. The molecule has 0 radical (unpaired) electrons. The molecule has 0 spiro atoms. The van der Waals surface area contributed by atoms with Crippen LogP contribution in [0.25, 0.3) is 0 Å². The standard InChI is InChI=1S/C14H13F2NO/c15-11-7-12(16)9-13(8-11)18-14-4-2-1-3-10(14)5-6-17/h1-4,7-9H,5-6,17H2. The van der Waals surface area contributed by atoms with E-state index in [4.69, 9.17) is 10.5 Å². The van der Waals surface area contributed by atoms with Crippen LogP contribution in [-0.4, -0.2) is 6.54 Å². The molecule has 0 aliphatic carbocycles. The lowest BCUT2D eigenvalue weighted by Gasteiger charge is -2.10. The first kappa shape index (κ1) is 12.5.